The number of carbonyl (C=O) groups is 4. The molecule has 0 radical (unpaired) electrons. The van der Waals surface area contributed by atoms with Crippen molar-refractivity contribution in [3.05, 3.63) is 143 Å². The number of methoxy groups -OCH3 is 1. The van der Waals surface area contributed by atoms with Crippen LogP contribution in [0.3, 0.4) is 0 Å². The van der Waals surface area contributed by atoms with Gasteiger partial charge in [-0.05, 0) is 34.4 Å². The second-order valence-electron chi connectivity index (χ2n) is 13.0. The first-order valence-electron chi connectivity index (χ1n) is 18.1. The minimum atomic E-state index is -0.368. The molecular formula is C42H49N5O7. The van der Waals surface area contributed by atoms with E-state index in [1.54, 1.807) is 24.3 Å². The number of urea groups is 2. The normalized spacial score (nSPS) is 14.0. The molecule has 2 N–H and O–H groups in total. The molecule has 2 aliphatic heterocycles. The van der Waals surface area contributed by atoms with E-state index in [9.17, 15) is 19.2 Å². The molecule has 0 saturated carbocycles. The molecule has 0 unspecified atom stereocenters. The number of carbonyl (C=O) groups excluding carboxylic acids is 4. The van der Waals surface area contributed by atoms with E-state index in [1.165, 1.54) is 7.11 Å². The maximum Gasteiger partial charge on any atom is 0.337 e. The van der Waals surface area contributed by atoms with Crippen LogP contribution in [0.4, 0.5) is 9.59 Å². The van der Waals surface area contributed by atoms with Crippen LogP contribution in [0.25, 0.3) is 0 Å². The lowest BCUT2D eigenvalue weighted by molar-refractivity contribution is 0.0418. The summed E-state index contributed by atoms with van der Waals surface area (Å²) in [6, 6.07) is 34.3. The Kier molecular flexibility index (Phi) is 15.1. The predicted octanol–water partition coefficient (Wildman–Crippen LogP) is 5.21. The molecular weight excluding hydrogens is 686 g/mol. The number of ether oxygens (including phenoxy) is 3. The topological polar surface area (TPSA) is 135 Å². The molecule has 12 nitrogen and oxygen atoms in total. The molecule has 4 aromatic carbocycles. The van der Waals surface area contributed by atoms with Crippen molar-refractivity contribution in [1.29, 1.82) is 0 Å². The molecule has 0 aliphatic carbocycles. The summed E-state index contributed by atoms with van der Waals surface area (Å²) in [5, 5.41) is 0. The van der Waals surface area contributed by atoms with Crippen molar-refractivity contribution in [2.24, 2.45) is 5.73 Å². The average Bonchev–Trinajstić information content (AvgIpc) is 3.24. The number of benzene rings is 4. The van der Waals surface area contributed by atoms with Gasteiger partial charge in [0.05, 0.1) is 45.6 Å². The third-order valence-corrected chi connectivity index (χ3v) is 9.12. The highest BCUT2D eigenvalue weighted by Crippen LogP contribution is 2.17. The summed E-state index contributed by atoms with van der Waals surface area (Å²) in [6.07, 6.45) is 0. The molecule has 4 amide bonds. The van der Waals surface area contributed by atoms with Gasteiger partial charge >= 0.3 is 18.0 Å². The second kappa shape index (κ2) is 20.6. The van der Waals surface area contributed by atoms with Crippen molar-refractivity contribution in [3.63, 3.8) is 0 Å². The number of morpholine rings is 2. The van der Waals surface area contributed by atoms with Crippen LogP contribution in [0.15, 0.2) is 109 Å². The fraction of sp³-hybridized carbons (Fsp3) is 0.333. The summed E-state index contributed by atoms with van der Waals surface area (Å²) in [5.74, 6) is -0.459. The lowest BCUT2D eigenvalue weighted by atomic mass is 10.1. The summed E-state index contributed by atoms with van der Waals surface area (Å²) in [6.45, 7) is 6.68. The Morgan fingerprint density at radius 2 is 0.907 bits per heavy atom. The van der Waals surface area contributed by atoms with Gasteiger partial charge in [0.15, 0.2) is 5.78 Å². The highest BCUT2D eigenvalue weighted by Gasteiger charge is 2.25. The maximum atomic E-state index is 13.1. The zero-order valence-corrected chi connectivity index (χ0v) is 30.8. The molecule has 2 fully saturated rings. The number of nitrogens with zero attached hydrogens (tertiary/aromatic N) is 4. The van der Waals surface area contributed by atoms with E-state index in [4.69, 9.17) is 19.9 Å². The lowest BCUT2D eigenvalue weighted by Crippen LogP contribution is -2.47. The minimum absolute atomic E-state index is 0.000743. The van der Waals surface area contributed by atoms with Gasteiger partial charge in [-0.25, -0.2) is 14.4 Å². The van der Waals surface area contributed by atoms with Crippen molar-refractivity contribution >= 4 is 23.8 Å². The molecule has 0 aromatic heterocycles. The number of amides is 4. The molecule has 2 saturated heterocycles. The number of Topliss-reactive ketones (excluding diaryl/α,β-unsaturated/α-hetero) is 1. The Balaban J connectivity index is 0.000000208. The number of esters is 1. The van der Waals surface area contributed by atoms with Crippen LogP contribution in [-0.4, -0.2) is 110 Å². The van der Waals surface area contributed by atoms with E-state index in [0.717, 1.165) is 22.3 Å². The Morgan fingerprint density at radius 1 is 0.556 bits per heavy atom. The van der Waals surface area contributed by atoms with Crippen LogP contribution < -0.4 is 5.73 Å². The van der Waals surface area contributed by atoms with Gasteiger partial charge < -0.3 is 39.5 Å². The first kappa shape index (κ1) is 39.6. The monoisotopic (exact) mass is 735 g/mol. The van der Waals surface area contributed by atoms with Crippen LogP contribution in [0.2, 0.25) is 0 Å². The largest absolute Gasteiger partial charge is 0.465 e. The number of hydrogen-bond acceptors (Lipinski definition) is 8. The van der Waals surface area contributed by atoms with E-state index in [-0.39, 0.29) is 30.4 Å². The summed E-state index contributed by atoms with van der Waals surface area (Å²) < 4.78 is 15.4. The first-order chi connectivity index (χ1) is 26.3. The fourth-order valence-corrected chi connectivity index (χ4v) is 6.12. The highest BCUT2D eigenvalue weighted by atomic mass is 16.5. The predicted molar refractivity (Wildman–Crippen MR) is 205 cm³/mol. The van der Waals surface area contributed by atoms with Crippen molar-refractivity contribution in [3.8, 4) is 0 Å². The van der Waals surface area contributed by atoms with Gasteiger partial charge in [-0.3, -0.25) is 4.79 Å². The summed E-state index contributed by atoms with van der Waals surface area (Å²) in [4.78, 5) is 56.7. The number of nitrogens with two attached hydrogens (primary N) is 1. The molecule has 0 atom stereocenters. The zero-order chi connectivity index (χ0) is 38.1. The molecule has 6 rings (SSSR count). The third-order valence-electron chi connectivity index (χ3n) is 9.12. The summed E-state index contributed by atoms with van der Waals surface area (Å²) >= 11 is 0. The summed E-state index contributed by atoms with van der Waals surface area (Å²) in [5.41, 5.74) is 10.6. The van der Waals surface area contributed by atoms with E-state index in [1.807, 2.05) is 105 Å². The van der Waals surface area contributed by atoms with Crippen LogP contribution >= 0.6 is 0 Å². The van der Waals surface area contributed by atoms with Crippen LogP contribution in [-0.2, 0) is 40.4 Å². The van der Waals surface area contributed by atoms with Crippen molar-refractivity contribution < 1.29 is 33.4 Å². The molecule has 4 aromatic rings. The number of rotatable bonds is 11. The van der Waals surface area contributed by atoms with Gasteiger partial charge in [-0.15, -0.1) is 0 Å². The molecule has 54 heavy (non-hydrogen) atoms. The molecule has 284 valence electrons. The van der Waals surface area contributed by atoms with Crippen LogP contribution in [0.5, 0.6) is 0 Å². The molecule has 2 aliphatic rings. The van der Waals surface area contributed by atoms with E-state index >= 15 is 0 Å². The van der Waals surface area contributed by atoms with Gasteiger partial charge in [0.2, 0.25) is 0 Å². The fourth-order valence-electron chi connectivity index (χ4n) is 6.12. The lowest BCUT2D eigenvalue weighted by Gasteiger charge is -2.33. The minimum Gasteiger partial charge on any atom is -0.465 e. The van der Waals surface area contributed by atoms with E-state index in [0.29, 0.717) is 89.9 Å². The van der Waals surface area contributed by atoms with Gasteiger partial charge in [0.25, 0.3) is 0 Å². The van der Waals surface area contributed by atoms with E-state index < -0.39 is 0 Å². The van der Waals surface area contributed by atoms with Crippen molar-refractivity contribution in [1.82, 2.24) is 19.6 Å². The molecule has 0 spiro atoms. The highest BCUT2D eigenvalue weighted by molar-refractivity contribution is 5.97. The second-order valence-corrected chi connectivity index (χ2v) is 13.0. The van der Waals surface area contributed by atoms with Crippen LogP contribution in [0, 0.1) is 0 Å². The molecule has 0 bridgehead atoms. The first-order valence-corrected chi connectivity index (χ1v) is 18.1. The standard InChI is InChI=1S/C21H25N3O3.C21H24N2O4/c22-14-20(25)19-8-6-18(7-9-19)16-24(15-17-4-2-1-3-5-17)21(26)23-10-12-27-13-11-23;1-26-20(24)19-9-7-18(8-10-19)16-23(15-17-5-3-2-4-6-17)21(25)22-11-13-27-14-12-22/h1-9H,10-16,22H2;2-10H,11-16H2,1H3. The molecule has 2 heterocycles. The summed E-state index contributed by atoms with van der Waals surface area (Å²) in [7, 11) is 1.36. The molecule has 12 heteroatoms. The Hall–Kier alpha value is -5.56. The number of hydrogen-bond donors (Lipinski definition) is 1. The van der Waals surface area contributed by atoms with E-state index in [2.05, 4.69) is 0 Å². The van der Waals surface area contributed by atoms with Gasteiger partial charge in [0, 0.05) is 57.9 Å². The third kappa shape index (κ3) is 11.7. The Bertz CT molecular complexity index is 1640. The van der Waals surface area contributed by atoms with Gasteiger partial charge in [0.1, 0.15) is 0 Å². The van der Waals surface area contributed by atoms with Crippen molar-refractivity contribution in [2.45, 2.75) is 26.2 Å². The Labute approximate surface area is 317 Å². The maximum absolute atomic E-state index is 13.1. The quantitative estimate of drug-likeness (QED) is 0.164. The Morgan fingerprint density at radius 3 is 1.26 bits per heavy atom. The van der Waals surface area contributed by atoms with Crippen LogP contribution in [0.1, 0.15) is 43.0 Å². The van der Waals surface area contributed by atoms with Crippen molar-refractivity contribution in [2.75, 3.05) is 66.3 Å². The zero-order valence-electron chi connectivity index (χ0n) is 30.8. The van der Waals surface area contributed by atoms with Gasteiger partial charge in [-0.1, -0.05) is 97.1 Å². The SMILES string of the molecule is COC(=O)c1ccc(CN(Cc2ccccc2)C(=O)N2CCOCC2)cc1.NCC(=O)c1ccc(CN(Cc2ccccc2)C(=O)N2CCOCC2)cc1. The smallest absolute Gasteiger partial charge is 0.337 e. The average molecular weight is 736 g/mol. The van der Waals surface area contributed by atoms with Gasteiger partial charge in [-0.2, -0.15) is 0 Å². The number of ketones is 1.